The van der Waals surface area contributed by atoms with Gasteiger partial charge in [0.05, 0.1) is 5.56 Å². The Morgan fingerprint density at radius 2 is 2.22 bits per heavy atom. The summed E-state index contributed by atoms with van der Waals surface area (Å²) in [4.78, 5) is 18.3. The Kier molecular flexibility index (Phi) is 4.00. The van der Waals surface area contributed by atoms with Crippen LogP contribution in [0.1, 0.15) is 49.9 Å². The summed E-state index contributed by atoms with van der Waals surface area (Å²) in [5.41, 5.74) is 0.734. The Morgan fingerprint density at radius 3 is 2.89 bits per heavy atom. The highest BCUT2D eigenvalue weighted by Crippen LogP contribution is 2.30. The number of Topliss-reactive ketones (excluding diaryl/α,β-unsaturated/α-hetero) is 1. The molecule has 1 aromatic rings. The van der Waals surface area contributed by atoms with Crippen LogP contribution in [-0.4, -0.2) is 23.9 Å². The van der Waals surface area contributed by atoms with Crippen molar-refractivity contribution in [3.63, 3.8) is 0 Å². The summed E-state index contributed by atoms with van der Waals surface area (Å²) < 4.78 is 0. The van der Waals surface area contributed by atoms with Gasteiger partial charge < -0.3 is 4.90 Å². The van der Waals surface area contributed by atoms with E-state index in [1.807, 2.05) is 12.1 Å². The molecule has 0 N–H and O–H groups in total. The Bertz CT molecular complexity index is 430. The zero-order valence-electron chi connectivity index (χ0n) is 11.5. The van der Waals surface area contributed by atoms with Crippen LogP contribution in [0.5, 0.6) is 0 Å². The molecule has 98 valence electrons. The second kappa shape index (κ2) is 5.51. The van der Waals surface area contributed by atoms with Gasteiger partial charge in [0.15, 0.2) is 5.78 Å². The molecule has 0 aromatic carbocycles. The van der Waals surface area contributed by atoms with Crippen molar-refractivity contribution in [2.24, 2.45) is 5.92 Å². The lowest BCUT2D eigenvalue weighted by Crippen LogP contribution is -2.36. The molecular formula is C15H22N2O. The minimum Gasteiger partial charge on any atom is -0.356 e. The molecule has 1 fully saturated rings. The lowest BCUT2D eigenvalue weighted by molar-refractivity contribution is 0.101. The summed E-state index contributed by atoms with van der Waals surface area (Å²) in [6, 6.07) is 4.21. The van der Waals surface area contributed by atoms with Gasteiger partial charge in [-0.15, -0.1) is 0 Å². The highest BCUT2D eigenvalue weighted by Gasteiger charge is 2.25. The molecule has 0 radical (unpaired) electrons. The molecule has 1 heterocycles. The van der Waals surface area contributed by atoms with Crippen molar-refractivity contribution < 1.29 is 4.79 Å². The molecule has 1 aliphatic carbocycles. The maximum Gasteiger partial charge on any atom is 0.163 e. The summed E-state index contributed by atoms with van der Waals surface area (Å²) in [5, 5.41) is 0. The molecule has 18 heavy (non-hydrogen) atoms. The van der Waals surface area contributed by atoms with E-state index in [1.54, 1.807) is 13.1 Å². The lowest BCUT2D eigenvalue weighted by atomic mass is 9.86. The standard InChI is InChI=1S/C15H22N2O/c1-11-6-4-7-13(10-11)17(3)15-14(12(2)18)8-5-9-16-15/h5,8-9,11,13H,4,6-7,10H2,1-3H3. The van der Waals surface area contributed by atoms with Crippen LogP contribution >= 0.6 is 0 Å². The highest BCUT2D eigenvalue weighted by atomic mass is 16.1. The molecule has 0 spiro atoms. The van der Waals surface area contributed by atoms with Crippen molar-refractivity contribution in [2.45, 2.75) is 45.6 Å². The number of anilines is 1. The monoisotopic (exact) mass is 246 g/mol. The van der Waals surface area contributed by atoms with Crippen LogP contribution in [0.4, 0.5) is 5.82 Å². The molecule has 1 saturated carbocycles. The fourth-order valence-electron chi connectivity index (χ4n) is 2.88. The first-order chi connectivity index (χ1) is 8.59. The van der Waals surface area contributed by atoms with Crippen LogP contribution in [0.15, 0.2) is 18.3 Å². The SMILES string of the molecule is CC(=O)c1cccnc1N(C)C1CCCC(C)C1. The number of carbonyl (C=O) groups excluding carboxylic acids is 1. The second-order valence-corrected chi connectivity index (χ2v) is 5.47. The molecular weight excluding hydrogens is 224 g/mol. The van der Waals surface area contributed by atoms with Gasteiger partial charge in [-0.2, -0.15) is 0 Å². The Morgan fingerprint density at radius 1 is 1.44 bits per heavy atom. The number of carbonyl (C=O) groups is 1. The Labute approximate surface area is 109 Å². The lowest BCUT2D eigenvalue weighted by Gasteiger charge is -2.35. The molecule has 3 heteroatoms. The minimum absolute atomic E-state index is 0.0915. The first-order valence-corrected chi connectivity index (χ1v) is 6.78. The molecule has 0 aliphatic heterocycles. The van der Waals surface area contributed by atoms with E-state index in [0.717, 1.165) is 17.3 Å². The average Bonchev–Trinajstić information content (AvgIpc) is 2.38. The van der Waals surface area contributed by atoms with Crippen LogP contribution in [0.25, 0.3) is 0 Å². The predicted molar refractivity (Wildman–Crippen MR) is 74.1 cm³/mol. The summed E-state index contributed by atoms with van der Waals surface area (Å²) >= 11 is 0. The third-order valence-electron chi connectivity index (χ3n) is 3.96. The molecule has 0 bridgehead atoms. The molecule has 1 aromatic heterocycles. The number of nitrogens with zero attached hydrogens (tertiary/aromatic N) is 2. The van der Waals surface area contributed by atoms with Gasteiger partial charge in [0.25, 0.3) is 0 Å². The molecule has 3 nitrogen and oxygen atoms in total. The number of ketones is 1. The van der Waals surface area contributed by atoms with Crippen molar-refractivity contribution >= 4 is 11.6 Å². The average molecular weight is 246 g/mol. The molecule has 0 amide bonds. The number of pyridine rings is 1. The molecule has 2 rings (SSSR count). The maximum absolute atomic E-state index is 11.7. The summed E-state index contributed by atoms with van der Waals surface area (Å²) in [5.74, 6) is 1.70. The van der Waals surface area contributed by atoms with Crippen molar-refractivity contribution in [1.82, 2.24) is 4.98 Å². The highest BCUT2D eigenvalue weighted by molar-refractivity contribution is 5.98. The number of rotatable bonds is 3. The maximum atomic E-state index is 11.7. The summed E-state index contributed by atoms with van der Waals surface area (Å²) in [7, 11) is 2.07. The quantitative estimate of drug-likeness (QED) is 0.767. The number of hydrogen-bond donors (Lipinski definition) is 0. The van der Waals surface area contributed by atoms with Crippen molar-refractivity contribution in [1.29, 1.82) is 0 Å². The van der Waals surface area contributed by atoms with Gasteiger partial charge in [0.1, 0.15) is 5.82 Å². The van der Waals surface area contributed by atoms with Gasteiger partial charge in [-0.05, 0) is 37.8 Å². The van der Waals surface area contributed by atoms with E-state index in [4.69, 9.17) is 0 Å². The molecule has 2 atom stereocenters. The van der Waals surface area contributed by atoms with Gasteiger partial charge in [0.2, 0.25) is 0 Å². The minimum atomic E-state index is 0.0915. The van der Waals surface area contributed by atoms with Gasteiger partial charge in [-0.25, -0.2) is 4.98 Å². The van der Waals surface area contributed by atoms with E-state index in [2.05, 4.69) is 23.9 Å². The second-order valence-electron chi connectivity index (χ2n) is 5.47. The van der Waals surface area contributed by atoms with Crippen LogP contribution in [0, 0.1) is 5.92 Å². The van der Waals surface area contributed by atoms with Crippen molar-refractivity contribution in [2.75, 3.05) is 11.9 Å². The fraction of sp³-hybridized carbons (Fsp3) is 0.600. The number of aromatic nitrogens is 1. The first-order valence-electron chi connectivity index (χ1n) is 6.78. The van der Waals surface area contributed by atoms with Gasteiger partial charge in [-0.1, -0.05) is 19.8 Å². The number of hydrogen-bond acceptors (Lipinski definition) is 3. The van der Waals surface area contributed by atoms with Crippen LogP contribution in [-0.2, 0) is 0 Å². The topological polar surface area (TPSA) is 33.2 Å². The van der Waals surface area contributed by atoms with Crippen LogP contribution in [0.2, 0.25) is 0 Å². The third-order valence-corrected chi connectivity index (χ3v) is 3.96. The van der Waals surface area contributed by atoms with Gasteiger partial charge in [-0.3, -0.25) is 4.79 Å². The smallest absolute Gasteiger partial charge is 0.163 e. The third kappa shape index (κ3) is 2.71. The first kappa shape index (κ1) is 13.1. The fourth-order valence-corrected chi connectivity index (χ4v) is 2.88. The summed E-state index contributed by atoms with van der Waals surface area (Å²) in [6.45, 7) is 3.92. The van der Waals surface area contributed by atoms with E-state index in [-0.39, 0.29) is 5.78 Å². The van der Waals surface area contributed by atoms with E-state index in [0.29, 0.717) is 6.04 Å². The van der Waals surface area contributed by atoms with Crippen molar-refractivity contribution in [3.8, 4) is 0 Å². The van der Waals surface area contributed by atoms with Crippen LogP contribution < -0.4 is 4.90 Å². The van der Waals surface area contributed by atoms with E-state index in [1.165, 1.54) is 25.7 Å². The van der Waals surface area contributed by atoms with Crippen molar-refractivity contribution in [3.05, 3.63) is 23.9 Å². The normalized spacial score (nSPS) is 23.7. The molecule has 0 saturated heterocycles. The molecule has 2 unspecified atom stereocenters. The predicted octanol–water partition coefficient (Wildman–Crippen LogP) is 3.30. The van der Waals surface area contributed by atoms with E-state index < -0.39 is 0 Å². The van der Waals surface area contributed by atoms with Gasteiger partial charge in [0, 0.05) is 19.3 Å². The van der Waals surface area contributed by atoms with Crippen LogP contribution in [0.3, 0.4) is 0 Å². The molecule has 1 aliphatic rings. The zero-order valence-corrected chi connectivity index (χ0v) is 11.5. The Balaban J connectivity index is 2.22. The Hall–Kier alpha value is -1.38. The van der Waals surface area contributed by atoms with E-state index in [9.17, 15) is 4.79 Å². The zero-order chi connectivity index (χ0) is 13.1. The van der Waals surface area contributed by atoms with Gasteiger partial charge >= 0.3 is 0 Å². The largest absolute Gasteiger partial charge is 0.356 e. The summed E-state index contributed by atoms with van der Waals surface area (Å²) in [6.07, 6.45) is 6.77. The van der Waals surface area contributed by atoms with E-state index >= 15 is 0 Å².